The first-order valence-corrected chi connectivity index (χ1v) is 8.45. The van der Waals surface area contributed by atoms with Gasteiger partial charge in [0, 0.05) is 30.6 Å². The molecule has 1 N–H and O–H groups in total. The molecule has 0 atom stereocenters. The number of rotatable bonds is 4. The van der Waals surface area contributed by atoms with Gasteiger partial charge >= 0.3 is 5.97 Å². The van der Waals surface area contributed by atoms with E-state index in [1.54, 1.807) is 13.8 Å². The van der Waals surface area contributed by atoms with Crippen molar-refractivity contribution < 1.29 is 24.2 Å². The number of aliphatic hydroxyl groups is 1. The summed E-state index contributed by atoms with van der Waals surface area (Å²) >= 11 is 0. The summed E-state index contributed by atoms with van der Waals surface area (Å²) < 4.78 is 10.2. The van der Waals surface area contributed by atoms with Crippen LogP contribution < -0.4 is 0 Å². The lowest BCUT2D eigenvalue weighted by Gasteiger charge is -2.36. The van der Waals surface area contributed by atoms with Crippen LogP contribution in [0.4, 0.5) is 0 Å². The average molecular weight is 337 g/mol. The first kappa shape index (κ1) is 18.5. The van der Waals surface area contributed by atoms with Crippen LogP contribution in [0, 0.1) is 5.41 Å². The molecule has 1 aliphatic heterocycles. The average Bonchev–Trinajstić information content (AvgIpc) is 2.53. The first-order chi connectivity index (χ1) is 11.3. The lowest BCUT2D eigenvalue weighted by Crippen LogP contribution is -2.39. The summed E-state index contributed by atoms with van der Waals surface area (Å²) in [6, 6.07) is 0. The second kappa shape index (κ2) is 7.38. The predicted molar refractivity (Wildman–Crippen MR) is 89.4 cm³/mol. The van der Waals surface area contributed by atoms with Crippen molar-refractivity contribution in [2.45, 2.75) is 40.0 Å². The van der Waals surface area contributed by atoms with E-state index in [4.69, 9.17) is 9.47 Å². The largest absolute Gasteiger partial charge is 0.507 e. The molecule has 1 heterocycles. The maximum Gasteiger partial charge on any atom is 0.338 e. The molecule has 0 aromatic carbocycles. The van der Waals surface area contributed by atoms with Crippen LogP contribution in [0.1, 0.15) is 40.0 Å². The molecule has 0 aromatic rings. The molecule has 0 radical (unpaired) electrons. The number of Topliss-reactive ketones (excluding diaryl/α,β-unsaturated/α-hetero) is 1. The number of carbonyl (C=O) groups excluding carboxylic acids is 2. The minimum absolute atomic E-state index is 0.125. The van der Waals surface area contributed by atoms with Gasteiger partial charge in [0.2, 0.25) is 0 Å². The van der Waals surface area contributed by atoms with Crippen LogP contribution in [0.25, 0.3) is 0 Å². The number of ether oxygens (including phenoxy) is 2. The van der Waals surface area contributed by atoms with E-state index in [2.05, 4.69) is 4.90 Å². The third kappa shape index (κ3) is 3.48. The number of morpholine rings is 1. The van der Waals surface area contributed by atoms with Crippen molar-refractivity contribution in [1.29, 1.82) is 0 Å². The fraction of sp³-hybridized carbons (Fsp3) is 0.667. The van der Waals surface area contributed by atoms with E-state index >= 15 is 0 Å². The molecule has 0 unspecified atom stereocenters. The van der Waals surface area contributed by atoms with E-state index in [-0.39, 0.29) is 29.1 Å². The standard InChI is InChI=1S/C18H27NO5/c1-5-6-12(19-7-9-24-10-8-19)14-13(20)11-18(2,3)15(16(14)21)17(22)23-4/h21H,5-11H2,1-4H3/b14-12+. The van der Waals surface area contributed by atoms with E-state index in [1.807, 2.05) is 6.92 Å². The van der Waals surface area contributed by atoms with Crippen LogP contribution in [0.15, 0.2) is 22.6 Å². The molecule has 1 saturated heterocycles. The molecule has 1 aliphatic carbocycles. The summed E-state index contributed by atoms with van der Waals surface area (Å²) in [5, 5.41) is 10.8. The van der Waals surface area contributed by atoms with E-state index in [0.717, 1.165) is 12.1 Å². The van der Waals surface area contributed by atoms with Crippen LogP contribution in [-0.2, 0) is 19.1 Å². The number of ketones is 1. The molecule has 134 valence electrons. The summed E-state index contributed by atoms with van der Waals surface area (Å²) in [6.07, 6.45) is 1.68. The number of nitrogens with zero attached hydrogens (tertiary/aromatic N) is 1. The molecule has 2 rings (SSSR count). The van der Waals surface area contributed by atoms with Crippen molar-refractivity contribution in [3.05, 3.63) is 22.6 Å². The fourth-order valence-corrected chi connectivity index (χ4v) is 3.44. The van der Waals surface area contributed by atoms with E-state index in [0.29, 0.717) is 32.7 Å². The third-order valence-corrected chi connectivity index (χ3v) is 4.59. The zero-order chi connectivity index (χ0) is 17.9. The fourth-order valence-electron chi connectivity index (χ4n) is 3.44. The Hall–Kier alpha value is -1.82. The highest BCUT2D eigenvalue weighted by atomic mass is 16.5. The van der Waals surface area contributed by atoms with Crippen LogP contribution in [0.2, 0.25) is 0 Å². The zero-order valence-corrected chi connectivity index (χ0v) is 15.0. The number of allylic oxidation sites excluding steroid dienone is 2. The summed E-state index contributed by atoms with van der Waals surface area (Å²) in [5.41, 5.74) is 0.514. The Labute approximate surface area is 143 Å². The topological polar surface area (TPSA) is 76.1 Å². The molecular formula is C18H27NO5. The highest BCUT2D eigenvalue weighted by Gasteiger charge is 2.43. The Morgan fingerprint density at radius 1 is 1.33 bits per heavy atom. The van der Waals surface area contributed by atoms with Crippen LogP contribution in [-0.4, -0.2) is 55.2 Å². The molecule has 0 spiro atoms. The van der Waals surface area contributed by atoms with Crippen molar-refractivity contribution >= 4 is 11.8 Å². The summed E-state index contributed by atoms with van der Waals surface area (Å²) in [6.45, 7) is 8.12. The molecule has 0 aromatic heterocycles. The maximum absolute atomic E-state index is 12.8. The minimum atomic E-state index is -0.750. The highest BCUT2D eigenvalue weighted by Crippen LogP contribution is 2.42. The van der Waals surface area contributed by atoms with Gasteiger partial charge in [-0.15, -0.1) is 0 Å². The highest BCUT2D eigenvalue weighted by molar-refractivity contribution is 6.06. The number of hydrogen-bond acceptors (Lipinski definition) is 6. The Bertz CT molecular complexity index is 582. The van der Waals surface area contributed by atoms with Gasteiger partial charge in [-0.05, 0) is 6.42 Å². The smallest absolute Gasteiger partial charge is 0.338 e. The summed E-state index contributed by atoms with van der Waals surface area (Å²) in [5.74, 6) is -0.932. The first-order valence-electron chi connectivity index (χ1n) is 8.45. The Morgan fingerprint density at radius 2 is 1.96 bits per heavy atom. The van der Waals surface area contributed by atoms with Crippen molar-refractivity contribution in [3.63, 3.8) is 0 Å². The van der Waals surface area contributed by atoms with Crippen molar-refractivity contribution in [3.8, 4) is 0 Å². The SMILES string of the molecule is CCC/C(=C1/C(=O)CC(C)(C)C(C(=O)OC)=C1O)N1CCOCC1. The van der Waals surface area contributed by atoms with Crippen LogP contribution in [0.3, 0.4) is 0 Å². The third-order valence-electron chi connectivity index (χ3n) is 4.59. The molecule has 0 saturated carbocycles. The van der Waals surface area contributed by atoms with Crippen molar-refractivity contribution in [2.75, 3.05) is 33.4 Å². The van der Waals surface area contributed by atoms with Crippen LogP contribution >= 0.6 is 0 Å². The van der Waals surface area contributed by atoms with Gasteiger partial charge in [-0.2, -0.15) is 0 Å². The van der Waals surface area contributed by atoms with E-state index in [9.17, 15) is 14.7 Å². The van der Waals surface area contributed by atoms with Gasteiger partial charge in [-0.1, -0.05) is 27.2 Å². The zero-order valence-electron chi connectivity index (χ0n) is 15.0. The molecular weight excluding hydrogens is 310 g/mol. The quantitative estimate of drug-likeness (QED) is 0.627. The summed E-state index contributed by atoms with van der Waals surface area (Å²) in [7, 11) is 1.29. The van der Waals surface area contributed by atoms with E-state index in [1.165, 1.54) is 7.11 Å². The number of methoxy groups -OCH3 is 1. The van der Waals surface area contributed by atoms with Gasteiger partial charge in [0.15, 0.2) is 5.78 Å². The van der Waals surface area contributed by atoms with Gasteiger partial charge in [-0.25, -0.2) is 4.79 Å². The number of carbonyl (C=O) groups is 2. The van der Waals surface area contributed by atoms with Crippen LogP contribution in [0.5, 0.6) is 0 Å². The molecule has 0 bridgehead atoms. The Kier molecular flexibility index (Phi) is 5.70. The molecule has 6 heteroatoms. The van der Waals surface area contributed by atoms with Gasteiger partial charge in [0.25, 0.3) is 0 Å². The van der Waals surface area contributed by atoms with Gasteiger partial charge in [-0.3, -0.25) is 4.79 Å². The van der Waals surface area contributed by atoms with E-state index < -0.39 is 11.4 Å². The Morgan fingerprint density at radius 3 is 2.50 bits per heavy atom. The number of esters is 1. The number of hydrogen-bond donors (Lipinski definition) is 1. The van der Waals surface area contributed by atoms with Crippen molar-refractivity contribution in [1.82, 2.24) is 4.90 Å². The van der Waals surface area contributed by atoms with Gasteiger partial charge < -0.3 is 19.5 Å². The minimum Gasteiger partial charge on any atom is -0.507 e. The van der Waals surface area contributed by atoms with Gasteiger partial charge in [0.05, 0.1) is 31.5 Å². The maximum atomic E-state index is 12.8. The Balaban J connectivity index is 2.61. The van der Waals surface area contributed by atoms with Crippen molar-refractivity contribution in [2.24, 2.45) is 5.41 Å². The lowest BCUT2D eigenvalue weighted by atomic mass is 9.72. The molecule has 2 aliphatic rings. The predicted octanol–water partition coefficient (Wildman–Crippen LogP) is 2.36. The molecule has 24 heavy (non-hydrogen) atoms. The molecule has 6 nitrogen and oxygen atoms in total. The van der Waals surface area contributed by atoms with Gasteiger partial charge in [0.1, 0.15) is 5.76 Å². The normalized spacial score (nSPS) is 23.3. The molecule has 1 fully saturated rings. The molecule has 0 amide bonds. The monoisotopic (exact) mass is 337 g/mol. The second-order valence-electron chi connectivity index (χ2n) is 6.87. The second-order valence-corrected chi connectivity index (χ2v) is 6.87. The number of aliphatic hydroxyl groups excluding tert-OH is 1. The summed E-state index contributed by atoms with van der Waals surface area (Å²) in [4.78, 5) is 27.1. The lowest BCUT2D eigenvalue weighted by molar-refractivity contribution is -0.138.